The largest absolute Gasteiger partial charge is 0.504 e. The molecular formula is C10H11ClO2S2. The summed E-state index contributed by atoms with van der Waals surface area (Å²) in [5.41, 5.74) is 0. The molecule has 0 amide bonds. The van der Waals surface area contributed by atoms with Crippen LogP contribution >= 0.6 is 36.4 Å². The Labute approximate surface area is 104 Å². The number of rotatable bonds is 0. The molecule has 2 N–H and O–H groups in total. The molecule has 0 unspecified atom stereocenters. The second-order valence-corrected chi connectivity index (χ2v) is 3.80. The molecule has 0 fully saturated rings. The molecule has 2 nitrogen and oxygen atoms in total. The van der Waals surface area contributed by atoms with Crippen LogP contribution in [0.2, 0.25) is 0 Å². The summed E-state index contributed by atoms with van der Waals surface area (Å²) < 4.78 is 0. The fourth-order valence-electron chi connectivity index (χ4n) is 0.739. The monoisotopic (exact) mass is 262 g/mol. The minimum atomic E-state index is -0.137. The first-order valence-corrected chi connectivity index (χ1v) is 5.27. The lowest BCUT2D eigenvalue weighted by Gasteiger charge is -1.95. The van der Waals surface area contributed by atoms with Crippen LogP contribution < -0.4 is 0 Å². The quantitative estimate of drug-likeness (QED) is 0.502. The van der Waals surface area contributed by atoms with Crippen molar-refractivity contribution in [3.63, 3.8) is 0 Å². The SMILES string of the molecule is Cl.Oc1ccc(S)cc1O.c1ccsc1. The van der Waals surface area contributed by atoms with Gasteiger partial charge in [-0.15, -0.1) is 25.0 Å². The summed E-state index contributed by atoms with van der Waals surface area (Å²) in [6.07, 6.45) is 0. The molecule has 1 aromatic carbocycles. The first kappa shape index (κ1) is 14.2. The Kier molecular flexibility index (Phi) is 7.03. The van der Waals surface area contributed by atoms with E-state index in [1.54, 1.807) is 17.4 Å². The highest BCUT2D eigenvalue weighted by atomic mass is 35.5. The molecule has 2 rings (SSSR count). The number of hydrogen-bond donors (Lipinski definition) is 3. The Bertz CT molecular complexity index is 360. The first-order chi connectivity index (χ1) is 6.70. The molecule has 1 heterocycles. The van der Waals surface area contributed by atoms with Crippen molar-refractivity contribution in [2.75, 3.05) is 0 Å². The van der Waals surface area contributed by atoms with E-state index in [0.29, 0.717) is 4.90 Å². The van der Waals surface area contributed by atoms with Gasteiger partial charge in [0, 0.05) is 4.90 Å². The highest BCUT2D eigenvalue weighted by molar-refractivity contribution is 7.80. The maximum Gasteiger partial charge on any atom is 0.158 e. The van der Waals surface area contributed by atoms with Crippen molar-refractivity contribution in [1.82, 2.24) is 0 Å². The molecule has 0 spiro atoms. The molecule has 0 aliphatic heterocycles. The van der Waals surface area contributed by atoms with Crippen LogP contribution in [0, 0.1) is 0 Å². The lowest BCUT2D eigenvalue weighted by Crippen LogP contribution is -1.67. The summed E-state index contributed by atoms with van der Waals surface area (Å²) in [5.74, 6) is -0.254. The maximum absolute atomic E-state index is 8.80. The van der Waals surface area contributed by atoms with Crippen LogP contribution in [0.15, 0.2) is 46.0 Å². The molecule has 0 bridgehead atoms. The Morgan fingerprint density at radius 1 is 1.00 bits per heavy atom. The average molecular weight is 263 g/mol. The summed E-state index contributed by atoms with van der Waals surface area (Å²) in [4.78, 5) is 0.630. The molecule has 0 radical (unpaired) electrons. The molecule has 1 aromatic heterocycles. The van der Waals surface area contributed by atoms with E-state index in [9.17, 15) is 0 Å². The van der Waals surface area contributed by atoms with Gasteiger partial charge in [0.1, 0.15) is 0 Å². The standard InChI is InChI=1S/C6H6O2S.C4H4S.ClH/c7-5-2-1-4(9)3-6(5)8;1-2-4-5-3-1;/h1-3,7-9H;1-4H;1H. The zero-order valence-corrected chi connectivity index (χ0v) is 10.2. The van der Waals surface area contributed by atoms with E-state index < -0.39 is 0 Å². The van der Waals surface area contributed by atoms with Crippen molar-refractivity contribution in [2.24, 2.45) is 0 Å². The third-order valence-electron chi connectivity index (χ3n) is 1.38. The van der Waals surface area contributed by atoms with E-state index in [0.717, 1.165) is 0 Å². The van der Waals surface area contributed by atoms with Crippen LogP contribution in [0.3, 0.4) is 0 Å². The highest BCUT2D eigenvalue weighted by Crippen LogP contribution is 2.25. The van der Waals surface area contributed by atoms with Crippen LogP contribution in [0.5, 0.6) is 11.5 Å². The molecule has 0 aliphatic carbocycles. The van der Waals surface area contributed by atoms with Gasteiger partial charge in [0.25, 0.3) is 0 Å². The summed E-state index contributed by atoms with van der Waals surface area (Å²) >= 11 is 5.64. The minimum Gasteiger partial charge on any atom is -0.504 e. The van der Waals surface area contributed by atoms with E-state index in [2.05, 4.69) is 12.6 Å². The number of thiol groups is 1. The summed E-state index contributed by atoms with van der Waals surface area (Å²) in [6, 6.07) is 8.39. The molecule has 15 heavy (non-hydrogen) atoms. The van der Waals surface area contributed by atoms with Gasteiger partial charge in [0.2, 0.25) is 0 Å². The number of hydrogen-bond acceptors (Lipinski definition) is 4. The number of benzene rings is 1. The Morgan fingerprint density at radius 3 is 1.93 bits per heavy atom. The van der Waals surface area contributed by atoms with Crippen molar-refractivity contribution >= 4 is 36.4 Å². The summed E-state index contributed by atoms with van der Waals surface area (Å²) in [6.45, 7) is 0. The van der Waals surface area contributed by atoms with Gasteiger partial charge in [-0.25, -0.2) is 0 Å². The number of aromatic hydroxyl groups is 2. The van der Waals surface area contributed by atoms with Crippen LogP contribution in [0.25, 0.3) is 0 Å². The van der Waals surface area contributed by atoms with E-state index in [1.165, 1.54) is 12.1 Å². The van der Waals surface area contributed by atoms with Crippen molar-refractivity contribution in [3.8, 4) is 11.5 Å². The summed E-state index contributed by atoms with van der Waals surface area (Å²) in [5, 5.41) is 21.6. The predicted molar refractivity (Wildman–Crippen MR) is 68.6 cm³/mol. The molecule has 0 saturated heterocycles. The Balaban J connectivity index is 0.000000280. The fraction of sp³-hybridized carbons (Fsp3) is 0. The second-order valence-electron chi connectivity index (χ2n) is 2.47. The van der Waals surface area contributed by atoms with Crippen LogP contribution in [-0.2, 0) is 0 Å². The third-order valence-corrected chi connectivity index (χ3v) is 2.29. The smallest absolute Gasteiger partial charge is 0.158 e. The number of thiophene rings is 1. The van der Waals surface area contributed by atoms with Crippen LogP contribution in [0.1, 0.15) is 0 Å². The van der Waals surface area contributed by atoms with Crippen molar-refractivity contribution in [1.29, 1.82) is 0 Å². The third kappa shape index (κ3) is 5.57. The summed E-state index contributed by atoms with van der Waals surface area (Å²) in [7, 11) is 0. The van der Waals surface area contributed by atoms with Crippen molar-refractivity contribution in [2.45, 2.75) is 4.90 Å². The van der Waals surface area contributed by atoms with Gasteiger partial charge >= 0.3 is 0 Å². The maximum atomic E-state index is 8.80. The fourth-order valence-corrected chi connectivity index (χ4v) is 1.39. The lowest BCUT2D eigenvalue weighted by molar-refractivity contribution is 0.402. The number of halogens is 1. The van der Waals surface area contributed by atoms with Gasteiger partial charge in [-0.1, -0.05) is 12.1 Å². The zero-order valence-electron chi connectivity index (χ0n) is 7.70. The second kappa shape index (κ2) is 7.45. The molecule has 82 valence electrons. The van der Waals surface area contributed by atoms with Gasteiger partial charge in [-0.2, -0.15) is 11.3 Å². The predicted octanol–water partition coefficient (Wildman–Crippen LogP) is 3.56. The molecule has 2 aromatic rings. The van der Waals surface area contributed by atoms with Crippen LogP contribution in [-0.4, -0.2) is 10.2 Å². The average Bonchev–Trinajstić information content (AvgIpc) is 2.69. The van der Waals surface area contributed by atoms with E-state index >= 15 is 0 Å². The van der Waals surface area contributed by atoms with Crippen molar-refractivity contribution < 1.29 is 10.2 Å². The topological polar surface area (TPSA) is 40.5 Å². The molecule has 0 saturated carbocycles. The first-order valence-electron chi connectivity index (χ1n) is 3.88. The Hall–Kier alpha value is -0.840. The van der Waals surface area contributed by atoms with Crippen LogP contribution in [0.4, 0.5) is 0 Å². The Morgan fingerprint density at radius 2 is 1.60 bits per heavy atom. The highest BCUT2D eigenvalue weighted by Gasteiger charge is 1.95. The number of phenols is 2. The molecular weight excluding hydrogens is 252 g/mol. The van der Waals surface area contributed by atoms with E-state index in [4.69, 9.17) is 10.2 Å². The van der Waals surface area contributed by atoms with E-state index in [-0.39, 0.29) is 23.9 Å². The number of phenolic OH excluding ortho intramolecular Hbond substituents is 2. The van der Waals surface area contributed by atoms with E-state index in [1.807, 2.05) is 22.9 Å². The van der Waals surface area contributed by atoms with Gasteiger partial charge < -0.3 is 10.2 Å². The minimum absolute atomic E-state index is 0. The van der Waals surface area contributed by atoms with Gasteiger partial charge in [0.15, 0.2) is 11.5 Å². The van der Waals surface area contributed by atoms with Gasteiger partial charge in [-0.05, 0) is 29.0 Å². The molecule has 5 heteroatoms. The molecule has 0 aliphatic rings. The lowest BCUT2D eigenvalue weighted by atomic mass is 10.3. The van der Waals surface area contributed by atoms with Gasteiger partial charge in [-0.3, -0.25) is 0 Å². The zero-order chi connectivity index (χ0) is 10.4. The molecule has 0 atom stereocenters. The van der Waals surface area contributed by atoms with Gasteiger partial charge in [0.05, 0.1) is 0 Å². The van der Waals surface area contributed by atoms with Crippen molar-refractivity contribution in [3.05, 3.63) is 41.1 Å². The normalized spacial score (nSPS) is 8.33.